The van der Waals surface area contributed by atoms with Gasteiger partial charge in [0, 0.05) is 35.3 Å². The van der Waals surface area contributed by atoms with E-state index in [0.29, 0.717) is 30.9 Å². The minimum absolute atomic E-state index is 0.0867. The van der Waals surface area contributed by atoms with Crippen molar-refractivity contribution in [1.29, 1.82) is 0 Å². The maximum atomic E-state index is 14.5. The molecule has 1 unspecified atom stereocenters. The molecular weight excluding hydrogens is 464 g/mol. The van der Waals surface area contributed by atoms with Crippen LogP contribution in [0.5, 0.6) is 0 Å². The summed E-state index contributed by atoms with van der Waals surface area (Å²) >= 11 is 0. The Bertz CT molecular complexity index is 1500. The number of imidazole rings is 1. The highest BCUT2D eigenvalue weighted by molar-refractivity contribution is 5.76. The van der Waals surface area contributed by atoms with E-state index in [-0.39, 0.29) is 11.3 Å². The number of hydrogen-bond donors (Lipinski definition) is 1. The highest BCUT2D eigenvalue weighted by Gasteiger charge is 2.23. The Balaban J connectivity index is 1.41. The number of hydrogen-bond acceptors (Lipinski definition) is 5. The zero-order chi connectivity index (χ0) is 25.1. The summed E-state index contributed by atoms with van der Waals surface area (Å²) in [5.74, 6) is -0.861. The Morgan fingerprint density at radius 2 is 1.78 bits per heavy atom. The fraction of sp³-hybridized carbons (Fsp3) is 0.192. The molecular formula is C26H23F2N7O. The number of H-pyrrole nitrogens is 1. The van der Waals surface area contributed by atoms with Gasteiger partial charge in [0.25, 0.3) is 0 Å². The molecule has 5 rings (SSSR count). The van der Waals surface area contributed by atoms with Gasteiger partial charge in [0.1, 0.15) is 11.6 Å². The van der Waals surface area contributed by atoms with Gasteiger partial charge >= 0.3 is 5.69 Å². The Hall–Kier alpha value is -4.47. The summed E-state index contributed by atoms with van der Waals surface area (Å²) in [7, 11) is 0. The van der Waals surface area contributed by atoms with Gasteiger partial charge in [-0.05, 0) is 41.5 Å². The molecule has 182 valence electrons. The maximum Gasteiger partial charge on any atom is 0.329 e. The predicted molar refractivity (Wildman–Crippen MR) is 130 cm³/mol. The third-order valence-corrected chi connectivity index (χ3v) is 6.08. The summed E-state index contributed by atoms with van der Waals surface area (Å²) in [5, 5.41) is 14.2. The van der Waals surface area contributed by atoms with Crippen molar-refractivity contribution in [3.8, 4) is 22.6 Å². The van der Waals surface area contributed by atoms with Crippen molar-refractivity contribution in [1.82, 2.24) is 34.7 Å². The third-order valence-electron chi connectivity index (χ3n) is 6.08. The van der Waals surface area contributed by atoms with Crippen LogP contribution in [0.15, 0.2) is 78.0 Å². The molecule has 0 aliphatic rings. The van der Waals surface area contributed by atoms with Gasteiger partial charge < -0.3 is 0 Å². The van der Waals surface area contributed by atoms with Crippen molar-refractivity contribution >= 4 is 0 Å². The topological polar surface area (TPSA) is 94.3 Å². The van der Waals surface area contributed by atoms with E-state index in [1.165, 1.54) is 27.3 Å². The number of rotatable bonds is 8. The summed E-state index contributed by atoms with van der Waals surface area (Å²) in [6, 6.07) is 14.4. The molecule has 0 amide bonds. The maximum absolute atomic E-state index is 14.5. The minimum atomic E-state index is -0.722. The minimum Gasteiger partial charge on any atom is -0.295 e. The van der Waals surface area contributed by atoms with E-state index in [0.717, 1.165) is 16.7 Å². The zero-order valence-electron chi connectivity index (χ0n) is 19.5. The van der Waals surface area contributed by atoms with Gasteiger partial charge in [-0.2, -0.15) is 5.21 Å². The first-order chi connectivity index (χ1) is 17.6. The number of nitrogens with zero attached hydrogens (tertiary/aromatic N) is 6. The van der Waals surface area contributed by atoms with Crippen molar-refractivity contribution in [2.24, 2.45) is 0 Å². The average Bonchev–Trinajstić information content (AvgIpc) is 3.55. The summed E-state index contributed by atoms with van der Waals surface area (Å²) < 4.78 is 32.0. The predicted octanol–water partition coefficient (Wildman–Crippen LogP) is 4.61. The first-order valence-electron chi connectivity index (χ1n) is 11.6. The Morgan fingerprint density at radius 3 is 2.47 bits per heavy atom. The van der Waals surface area contributed by atoms with E-state index < -0.39 is 17.7 Å². The number of pyridine rings is 1. The molecule has 2 aromatic carbocycles. The molecule has 10 heteroatoms. The first-order valence-corrected chi connectivity index (χ1v) is 11.6. The zero-order valence-corrected chi connectivity index (χ0v) is 19.5. The van der Waals surface area contributed by atoms with Crippen LogP contribution >= 0.6 is 0 Å². The van der Waals surface area contributed by atoms with Gasteiger partial charge in [0.15, 0.2) is 0 Å². The molecule has 3 aromatic heterocycles. The molecule has 0 bridgehead atoms. The summed E-state index contributed by atoms with van der Waals surface area (Å²) in [4.78, 5) is 17.7. The van der Waals surface area contributed by atoms with E-state index in [2.05, 4.69) is 25.6 Å². The van der Waals surface area contributed by atoms with Crippen molar-refractivity contribution in [2.45, 2.75) is 32.4 Å². The van der Waals surface area contributed by atoms with E-state index in [1.54, 1.807) is 24.7 Å². The van der Waals surface area contributed by atoms with E-state index in [4.69, 9.17) is 0 Å². The van der Waals surface area contributed by atoms with Gasteiger partial charge in [-0.3, -0.25) is 14.1 Å². The van der Waals surface area contributed by atoms with Crippen LogP contribution in [-0.2, 0) is 6.54 Å². The molecule has 3 heterocycles. The normalized spacial score (nSPS) is 12.1. The standard InChI is InChI=1S/C26H23F2N7O/c1-2-5-22(23-20(27)7-3-8-21(23)28)35-15-14-34(26(35)36)16-17-9-11-18(12-10-17)24-19(6-4-13-29-24)25-30-32-33-31-25/h3-4,6-15,22H,2,5,16H2,1H3,(H,30,31,32,33). The quantitative estimate of drug-likeness (QED) is 0.345. The number of halogens is 2. The molecule has 8 nitrogen and oxygen atoms in total. The van der Waals surface area contributed by atoms with E-state index in [9.17, 15) is 13.6 Å². The van der Waals surface area contributed by atoms with Crippen molar-refractivity contribution in [3.05, 3.63) is 106 Å². The molecule has 1 N–H and O–H groups in total. The SMILES string of the molecule is CCCC(c1c(F)cccc1F)n1ccn(Cc2ccc(-c3ncccc3-c3nn[nH]n3)cc2)c1=O. The molecule has 36 heavy (non-hydrogen) atoms. The number of aromatic nitrogens is 7. The summed E-state index contributed by atoms with van der Waals surface area (Å²) in [6.07, 6.45) is 6.03. The molecule has 0 aliphatic heterocycles. The Kier molecular flexibility index (Phi) is 6.48. The fourth-order valence-corrected chi connectivity index (χ4v) is 4.37. The lowest BCUT2D eigenvalue weighted by Gasteiger charge is -2.19. The largest absolute Gasteiger partial charge is 0.329 e. The lowest BCUT2D eigenvalue weighted by molar-refractivity contribution is 0.451. The molecule has 1 atom stereocenters. The summed E-state index contributed by atoms with van der Waals surface area (Å²) in [5.41, 5.74) is 2.79. The van der Waals surface area contributed by atoms with Crippen LogP contribution in [0, 0.1) is 11.6 Å². The lowest BCUT2D eigenvalue weighted by atomic mass is 10.0. The van der Waals surface area contributed by atoms with Gasteiger partial charge in [-0.1, -0.05) is 43.7 Å². The van der Waals surface area contributed by atoms with Crippen LogP contribution in [0.2, 0.25) is 0 Å². The molecule has 0 fully saturated rings. The Labute approximate surface area is 205 Å². The number of aromatic amines is 1. The number of nitrogens with one attached hydrogen (secondary N) is 1. The lowest BCUT2D eigenvalue weighted by Crippen LogP contribution is -2.29. The van der Waals surface area contributed by atoms with Crippen molar-refractivity contribution < 1.29 is 8.78 Å². The second kappa shape index (κ2) is 10.0. The molecule has 0 saturated carbocycles. The average molecular weight is 488 g/mol. The van der Waals surface area contributed by atoms with Crippen LogP contribution < -0.4 is 5.69 Å². The van der Waals surface area contributed by atoms with Crippen LogP contribution in [0.4, 0.5) is 8.78 Å². The third kappa shape index (κ3) is 4.45. The van der Waals surface area contributed by atoms with Gasteiger partial charge in [-0.15, -0.1) is 10.2 Å². The second-order valence-corrected chi connectivity index (χ2v) is 8.39. The highest BCUT2D eigenvalue weighted by Crippen LogP contribution is 2.29. The summed E-state index contributed by atoms with van der Waals surface area (Å²) in [6.45, 7) is 2.23. The van der Waals surface area contributed by atoms with Crippen LogP contribution in [0.25, 0.3) is 22.6 Å². The van der Waals surface area contributed by atoms with Crippen molar-refractivity contribution in [3.63, 3.8) is 0 Å². The highest BCUT2D eigenvalue weighted by atomic mass is 19.1. The smallest absolute Gasteiger partial charge is 0.295 e. The molecule has 0 spiro atoms. The molecule has 5 aromatic rings. The van der Waals surface area contributed by atoms with E-state index >= 15 is 0 Å². The molecule has 0 saturated heterocycles. The van der Waals surface area contributed by atoms with Gasteiger partial charge in [0.2, 0.25) is 5.82 Å². The van der Waals surface area contributed by atoms with Crippen LogP contribution in [0.1, 0.15) is 36.9 Å². The monoisotopic (exact) mass is 487 g/mol. The van der Waals surface area contributed by atoms with Crippen molar-refractivity contribution in [2.75, 3.05) is 0 Å². The fourth-order valence-electron chi connectivity index (χ4n) is 4.37. The first kappa shape index (κ1) is 23.3. The van der Waals surface area contributed by atoms with Crippen LogP contribution in [0.3, 0.4) is 0 Å². The second-order valence-electron chi connectivity index (χ2n) is 8.39. The van der Waals surface area contributed by atoms with Gasteiger partial charge in [-0.25, -0.2) is 13.6 Å². The number of tetrazole rings is 1. The molecule has 0 radical (unpaired) electrons. The Morgan fingerprint density at radius 1 is 1.00 bits per heavy atom. The van der Waals surface area contributed by atoms with Crippen LogP contribution in [-0.4, -0.2) is 34.7 Å². The van der Waals surface area contributed by atoms with Gasteiger partial charge in [0.05, 0.1) is 18.3 Å². The van der Waals surface area contributed by atoms with E-state index in [1.807, 2.05) is 37.3 Å². The number of benzene rings is 2. The molecule has 0 aliphatic carbocycles.